The molecule has 0 fully saturated rings. The first kappa shape index (κ1) is 12.2. The van der Waals surface area contributed by atoms with Crippen molar-refractivity contribution in [3.8, 4) is 11.1 Å². The summed E-state index contributed by atoms with van der Waals surface area (Å²) in [4.78, 5) is 15.4. The van der Waals surface area contributed by atoms with Crippen LogP contribution in [0.3, 0.4) is 0 Å². The summed E-state index contributed by atoms with van der Waals surface area (Å²) in [5.41, 5.74) is 2.66. The molecule has 0 bridgehead atoms. The van der Waals surface area contributed by atoms with E-state index in [1.165, 1.54) is 12.1 Å². The number of pyridine rings is 1. The fraction of sp³-hybridized carbons (Fsp3) is 0.143. The average Bonchev–Trinajstić information content (AvgIpc) is 2.27. The van der Waals surface area contributed by atoms with Gasteiger partial charge in [0.2, 0.25) is 0 Å². The van der Waals surface area contributed by atoms with E-state index in [2.05, 4.69) is 4.98 Å². The summed E-state index contributed by atoms with van der Waals surface area (Å²) < 4.78 is 13.3. The minimum atomic E-state index is -1.07. The number of carbonyl (C=O) groups is 1. The molecular formula is C14H12FNO2. The van der Waals surface area contributed by atoms with Crippen molar-refractivity contribution in [2.45, 2.75) is 13.8 Å². The summed E-state index contributed by atoms with van der Waals surface area (Å²) in [6, 6.07) is 7.14. The zero-order valence-corrected chi connectivity index (χ0v) is 10.1. The smallest absolute Gasteiger partial charge is 0.336 e. The van der Waals surface area contributed by atoms with Gasteiger partial charge in [0, 0.05) is 11.4 Å². The number of hydrogen-bond donors (Lipinski definition) is 1. The standard InChI is InChI=1S/C14H12FNO2/c1-8-5-10(6-9(2)16-8)13-7-11(15)3-4-12(13)14(17)18/h3-7H,1-2H3,(H,17,18). The Kier molecular flexibility index (Phi) is 3.10. The lowest BCUT2D eigenvalue weighted by molar-refractivity contribution is 0.0697. The fourth-order valence-electron chi connectivity index (χ4n) is 1.93. The summed E-state index contributed by atoms with van der Waals surface area (Å²) in [5, 5.41) is 9.12. The topological polar surface area (TPSA) is 50.2 Å². The molecule has 0 radical (unpaired) electrons. The van der Waals surface area contributed by atoms with E-state index in [0.29, 0.717) is 11.1 Å². The van der Waals surface area contributed by atoms with Crippen molar-refractivity contribution in [1.29, 1.82) is 0 Å². The van der Waals surface area contributed by atoms with Gasteiger partial charge in [-0.15, -0.1) is 0 Å². The highest BCUT2D eigenvalue weighted by atomic mass is 19.1. The van der Waals surface area contributed by atoms with Crippen molar-refractivity contribution in [1.82, 2.24) is 4.98 Å². The van der Waals surface area contributed by atoms with Crippen molar-refractivity contribution < 1.29 is 14.3 Å². The molecule has 0 aliphatic heterocycles. The molecule has 0 amide bonds. The SMILES string of the molecule is Cc1cc(-c2cc(F)ccc2C(=O)O)cc(C)n1. The largest absolute Gasteiger partial charge is 0.478 e. The Morgan fingerprint density at radius 1 is 1.17 bits per heavy atom. The molecule has 0 unspecified atom stereocenters. The van der Waals surface area contributed by atoms with E-state index < -0.39 is 11.8 Å². The van der Waals surface area contributed by atoms with E-state index in [-0.39, 0.29) is 5.56 Å². The van der Waals surface area contributed by atoms with Gasteiger partial charge in [-0.3, -0.25) is 4.98 Å². The normalized spacial score (nSPS) is 10.4. The number of halogens is 1. The predicted octanol–water partition coefficient (Wildman–Crippen LogP) is 3.20. The van der Waals surface area contributed by atoms with Crippen LogP contribution in [0.15, 0.2) is 30.3 Å². The van der Waals surface area contributed by atoms with Crippen molar-refractivity contribution in [3.05, 3.63) is 53.1 Å². The van der Waals surface area contributed by atoms with Crippen molar-refractivity contribution in [2.24, 2.45) is 0 Å². The molecule has 2 rings (SSSR count). The minimum Gasteiger partial charge on any atom is -0.478 e. The van der Waals surface area contributed by atoms with Gasteiger partial charge >= 0.3 is 5.97 Å². The number of benzene rings is 1. The lowest BCUT2D eigenvalue weighted by Crippen LogP contribution is -2.01. The lowest BCUT2D eigenvalue weighted by atomic mass is 9.99. The van der Waals surface area contributed by atoms with Crippen LogP contribution in [-0.4, -0.2) is 16.1 Å². The Balaban J connectivity index is 2.68. The molecule has 18 heavy (non-hydrogen) atoms. The number of aromatic nitrogens is 1. The van der Waals surface area contributed by atoms with Gasteiger partial charge in [0.25, 0.3) is 0 Å². The Morgan fingerprint density at radius 2 is 1.78 bits per heavy atom. The first-order valence-corrected chi connectivity index (χ1v) is 5.46. The van der Waals surface area contributed by atoms with Gasteiger partial charge in [0.1, 0.15) is 5.82 Å². The molecule has 1 aromatic heterocycles. The van der Waals surface area contributed by atoms with Crippen LogP contribution in [0.25, 0.3) is 11.1 Å². The summed E-state index contributed by atoms with van der Waals surface area (Å²) in [5.74, 6) is -1.53. The van der Waals surface area contributed by atoms with Crippen molar-refractivity contribution >= 4 is 5.97 Å². The van der Waals surface area contributed by atoms with Crippen LogP contribution in [0.4, 0.5) is 4.39 Å². The van der Waals surface area contributed by atoms with Crippen LogP contribution in [-0.2, 0) is 0 Å². The number of aryl methyl sites for hydroxylation is 2. The molecule has 92 valence electrons. The molecule has 0 atom stereocenters. The Bertz CT molecular complexity index is 603. The summed E-state index contributed by atoms with van der Waals surface area (Å²) >= 11 is 0. The molecule has 0 saturated heterocycles. The van der Waals surface area contributed by atoms with Gasteiger partial charge in [-0.2, -0.15) is 0 Å². The van der Waals surface area contributed by atoms with Crippen molar-refractivity contribution in [3.63, 3.8) is 0 Å². The first-order valence-electron chi connectivity index (χ1n) is 5.46. The number of aromatic carboxylic acids is 1. The van der Waals surface area contributed by atoms with Crippen molar-refractivity contribution in [2.75, 3.05) is 0 Å². The number of hydrogen-bond acceptors (Lipinski definition) is 2. The number of rotatable bonds is 2. The number of carboxylic acids is 1. The second-order valence-electron chi connectivity index (χ2n) is 4.13. The van der Waals surface area contributed by atoms with Gasteiger partial charge in [0.05, 0.1) is 5.56 Å². The molecule has 1 heterocycles. The molecule has 0 aliphatic carbocycles. The lowest BCUT2D eigenvalue weighted by Gasteiger charge is -2.08. The number of nitrogens with zero attached hydrogens (tertiary/aromatic N) is 1. The predicted molar refractivity (Wildman–Crippen MR) is 66.1 cm³/mol. The summed E-state index contributed by atoms with van der Waals surface area (Å²) in [6.45, 7) is 3.63. The maximum absolute atomic E-state index is 13.3. The van der Waals surface area contributed by atoms with E-state index in [1.54, 1.807) is 12.1 Å². The summed E-state index contributed by atoms with van der Waals surface area (Å²) in [6.07, 6.45) is 0. The van der Waals surface area contributed by atoms with Crippen LogP contribution in [0.1, 0.15) is 21.7 Å². The molecular weight excluding hydrogens is 233 g/mol. The second kappa shape index (κ2) is 4.56. The highest BCUT2D eigenvalue weighted by Crippen LogP contribution is 2.26. The highest BCUT2D eigenvalue weighted by Gasteiger charge is 2.13. The van der Waals surface area contributed by atoms with Gasteiger partial charge < -0.3 is 5.11 Å². The van der Waals surface area contributed by atoms with Gasteiger partial charge in [-0.05, 0) is 55.3 Å². The maximum Gasteiger partial charge on any atom is 0.336 e. The van der Waals surface area contributed by atoms with Crippen LogP contribution >= 0.6 is 0 Å². The van der Waals surface area contributed by atoms with Gasteiger partial charge in [-0.1, -0.05) is 0 Å². The second-order valence-corrected chi connectivity index (χ2v) is 4.13. The highest BCUT2D eigenvalue weighted by molar-refractivity contribution is 5.96. The Labute approximate surface area is 104 Å². The first-order chi connectivity index (χ1) is 8.47. The molecule has 1 aromatic carbocycles. The Hall–Kier alpha value is -2.23. The molecule has 1 N–H and O–H groups in total. The zero-order chi connectivity index (χ0) is 13.3. The van der Waals surface area contributed by atoms with E-state index in [4.69, 9.17) is 5.11 Å². The monoisotopic (exact) mass is 245 g/mol. The third-order valence-electron chi connectivity index (χ3n) is 2.60. The van der Waals surface area contributed by atoms with E-state index in [1.807, 2.05) is 13.8 Å². The molecule has 3 nitrogen and oxygen atoms in total. The minimum absolute atomic E-state index is 0.0846. The molecule has 0 saturated carbocycles. The van der Waals surface area contributed by atoms with Crippen LogP contribution in [0.5, 0.6) is 0 Å². The third kappa shape index (κ3) is 2.37. The fourth-order valence-corrected chi connectivity index (χ4v) is 1.93. The zero-order valence-electron chi connectivity index (χ0n) is 10.1. The van der Waals surface area contributed by atoms with Crippen LogP contribution in [0, 0.1) is 19.7 Å². The Morgan fingerprint density at radius 3 is 2.33 bits per heavy atom. The summed E-state index contributed by atoms with van der Waals surface area (Å²) in [7, 11) is 0. The molecule has 4 heteroatoms. The van der Waals surface area contributed by atoms with Gasteiger partial charge in [-0.25, -0.2) is 9.18 Å². The van der Waals surface area contributed by atoms with E-state index in [9.17, 15) is 9.18 Å². The van der Waals surface area contributed by atoms with Gasteiger partial charge in [0.15, 0.2) is 0 Å². The molecule has 0 spiro atoms. The van der Waals surface area contributed by atoms with Crippen LogP contribution in [0.2, 0.25) is 0 Å². The van der Waals surface area contributed by atoms with Crippen LogP contribution < -0.4 is 0 Å². The number of carboxylic acid groups (broad SMARTS) is 1. The molecule has 2 aromatic rings. The van der Waals surface area contributed by atoms with E-state index >= 15 is 0 Å². The van der Waals surface area contributed by atoms with E-state index in [0.717, 1.165) is 17.5 Å². The quantitative estimate of drug-likeness (QED) is 0.883. The third-order valence-corrected chi connectivity index (χ3v) is 2.60. The average molecular weight is 245 g/mol. The molecule has 0 aliphatic rings. The maximum atomic E-state index is 13.3.